The fraction of sp³-hybridized carbons (Fsp3) is 0. The summed E-state index contributed by atoms with van der Waals surface area (Å²) >= 11 is 0. The Morgan fingerprint density at radius 2 is 1.89 bits per heavy atom. The van der Waals surface area contributed by atoms with E-state index in [0.29, 0.717) is 17.5 Å². The monoisotopic (exact) mass is 260 g/mol. The van der Waals surface area contributed by atoms with Crippen molar-refractivity contribution in [2.24, 2.45) is 0 Å². The second-order valence-corrected chi connectivity index (χ2v) is 3.59. The van der Waals surface area contributed by atoms with Gasteiger partial charge in [-0.25, -0.2) is 0 Å². The van der Waals surface area contributed by atoms with E-state index in [-0.39, 0.29) is 5.76 Å². The lowest BCUT2D eigenvalue weighted by Crippen LogP contribution is -2.10. The molecular weight excluding hydrogens is 252 g/mol. The first-order chi connectivity index (χ1) is 9.10. The molecule has 1 N–H and O–H groups in total. The number of aldehydes is 1. The molecule has 0 radical (unpaired) electrons. The molecule has 1 aromatic heterocycles. The summed E-state index contributed by atoms with van der Waals surface area (Å²) in [4.78, 5) is 31.9. The Bertz CT molecular complexity index is 630. The van der Waals surface area contributed by atoms with Gasteiger partial charge < -0.3 is 9.73 Å². The molecule has 0 aliphatic carbocycles. The smallest absolute Gasteiger partial charge is 0.395 e. The predicted octanol–water partition coefficient (Wildman–Crippen LogP) is 2.25. The fourth-order valence-corrected chi connectivity index (χ4v) is 1.39. The molecule has 0 aliphatic rings. The Kier molecular flexibility index (Phi) is 3.37. The Balaban J connectivity index is 2.10. The third-order valence-corrected chi connectivity index (χ3v) is 2.30. The van der Waals surface area contributed by atoms with E-state index in [9.17, 15) is 19.7 Å². The van der Waals surface area contributed by atoms with Gasteiger partial charge in [0.15, 0.2) is 5.76 Å². The van der Waals surface area contributed by atoms with E-state index in [2.05, 4.69) is 5.32 Å². The predicted molar refractivity (Wildman–Crippen MR) is 65.1 cm³/mol. The van der Waals surface area contributed by atoms with Gasteiger partial charge in [0.2, 0.25) is 0 Å². The van der Waals surface area contributed by atoms with Crippen LogP contribution in [0.5, 0.6) is 0 Å². The number of hydrogen-bond acceptors (Lipinski definition) is 5. The van der Waals surface area contributed by atoms with E-state index < -0.39 is 16.7 Å². The highest BCUT2D eigenvalue weighted by molar-refractivity contribution is 6.02. The number of anilines is 1. The quantitative estimate of drug-likeness (QED) is 0.516. The van der Waals surface area contributed by atoms with Gasteiger partial charge in [-0.1, -0.05) is 0 Å². The SMILES string of the molecule is O=Cc1ccc(NC(=O)c2ccc([N+](=O)[O-])o2)cc1. The summed E-state index contributed by atoms with van der Waals surface area (Å²) in [6.07, 6.45) is 0.682. The highest BCUT2D eigenvalue weighted by Crippen LogP contribution is 2.17. The molecule has 0 bridgehead atoms. The number of carbonyl (C=O) groups excluding carboxylic acids is 2. The van der Waals surface area contributed by atoms with E-state index in [1.165, 1.54) is 18.2 Å². The van der Waals surface area contributed by atoms with E-state index in [1.54, 1.807) is 12.1 Å². The standard InChI is InChI=1S/C12H8N2O5/c15-7-8-1-3-9(4-2-8)13-12(16)10-5-6-11(19-10)14(17)18/h1-7H,(H,13,16). The van der Waals surface area contributed by atoms with Crippen LogP contribution in [-0.4, -0.2) is 17.1 Å². The summed E-state index contributed by atoms with van der Waals surface area (Å²) in [6.45, 7) is 0. The lowest BCUT2D eigenvalue weighted by atomic mass is 10.2. The Morgan fingerprint density at radius 3 is 2.42 bits per heavy atom. The maximum atomic E-state index is 11.7. The molecule has 0 unspecified atom stereocenters. The zero-order chi connectivity index (χ0) is 13.8. The van der Waals surface area contributed by atoms with Crippen molar-refractivity contribution >= 4 is 23.8 Å². The maximum absolute atomic E-state index is 11.7. The maximum Gasteiger partial charge on any atom is 0.433 e. The molecule has 1 heterocycles. The molecule has 0 saturated carbocycles. The molecule has 0 saturated heterocycles. The molecule has 96 valence electrons. The second-order valence-electron chi connectivity index (χ2n) is 3.59. The van der Waals surface area contributed by atoms with Crippen molar-refractivity contribution in [1.29, 1.82) is 0 Å². The largest absolute Gasteiger partial charge is 0.433 e. The van der Waals surface area contributed by atoms with Gasteiger partial charge in [0, 0.05) is 11.3 Å². The van der Waals surface area contributed by atoms with E-state index >= 15 is 0 Å². The summed E-state index contributed by atoms with van der Waals surface area (Å²) < 4.78 is 4.76. The summed E-state index contributed by atoms with van der Waals surface area (Å²) in [5, 5.41) is 12.9. The molecule has 7 nitrogen and oxygen atoms in total. The van der Waals surface area contributed by atoms with Crippen molar-refractivity contribution < 1.29 is 18.9 Å². The molecule has 1 aromatic carbocycles. The number of amides is 1. The summed E-state index contributed by atoms with van der Waals surface area (Å²) in [7, 11) is 0. The van der Waals surface area contributed by atoms with Crippen LogP contribution in [0.2, 0.25) is 0 Å². The Morgan fingerprint density at radius 1 is 1.21 bits per heavy atom. The lowest BCUT2D eigenvalue weighted by molar-refractivity contribution is -0.402. The number of nitro groups is 1. The van der Waals surface area contributed by atoms with Gasteiger partial charge in [-0.3, -0.25) is 19.7 Å². The van der Waals surface area contributed by atoms with E-state index in [1.807, 2.05) is 0 Å². The van der Waals surface area contributed by atoms with Crippen LogP contribution < -0.4 is 5.32 Å². The van der Waals surface area contributed by atoms with Crippen molar-refractivity contribution in [2.75, 3.05) is 5.32 Å². The zero-order valence-corrected chi connectivity index (χ0v) is 9.53. The highest BCUT2D eigenvalue weighted by atomic mass is 16.6. The normalized spacial score (nSPS) is 9.89. The number of carbonyl (C=O) groups is 2. The molecule has 0 atom stereocenters. The van der Waals surface area contributed by atoms with Crippen molar-refractivity contribution in [3.8, 4) is 0 Å². The molecule has 0 aliphatic heterocycles. The number of rotatable bonds is 4. The van der Waals surface area contributed by atoms with E-state index in [0.717, 1.165) is 6.07 Å². The molecule has 2 aromatic rings. The van der Waals surface area contributed by atoms with Gasteiger partial charge in [0.25, 0.3) is 5.91 Å². The van der Waals surface area contributed by atoms with Crippen molar-refractivity contribution in [2.45, 2.75) is 0 Å². The third kappa shape index (κ3) is 2.83. The lowest BCUT2D eigenvalue weighted by Gasteiger charge is -2.02. The first-order valence-corrected chi connectivity index (χ1v) is 5.21. The molecule has 19 heavy (non-hydrogen) atoms. The topological polar surface area (TPSA) is 102 Å². The minimum absolute atomic E-state index is 0.161. The van der Waals surface area contributed by atoms with Gasteiger partial charge in [0.05, 0.1) is 6.07 Å². The van der Waals surface area contributed by atoms with Gasteiger partial charge in [-0.05, 0) is 30.3 Å². The zero-order valence-electron chi connectivity index (χ0n) is 9.53. The Labute approximate surface area is 107 Å². The van der Waals surface area contributed by atoms with Gasteiger partial charge in [0.1, 0.15) is 11.2 Å². The highest BCUT2D eigenvalue weighted by Gasteiger charge is 2.17. The number of hydrogen-bond donors (Lipinski definition) is 1. The fourth-order valence-electron chi connectivity index (χ4n) is 1.39. The second kappa shape index (κ2) is 5.13. The number of nitrogens with zero attached hydrogens (tertiary/aromatic N) is 1. The molecule has 7 heteroatoms. The van der Waals surface area contributed by atoms with Crippen LogP contribution >= 0.6 is 0 Å². The third-order valence-electron chi connectivity index (χ3n) is 2.30. The van der Waals surface area contributed by atoms with Crippen molar-refractivity contribution in [3.05, 3.63) is 57.8 Å². The summed E-state index contributed by atoms with van der Waals surface area (Å²) in [5.41, 5.74) is 0.932. The first kappa shape index (κ1) is 12.5. The molecular formula is C12H8N2O5. The summed E-state index contributed by atoms with van der Waals surface area (Å²) in [5.74, 6) is -1.26. The molecule has 1 amide bonds. The van der Waals surface area contributed by atoms with Crippen molar-refractivity contribution in [3.63, 3.8) is 0 Å². The van der Waals surface area contributed by atoms with Crippen molar-refractivity contribution in [1.82, 2.24) is 0 Å². The summed E-state index contributed by atoms with van der Waals surface area (Å²) in [6, 6.07) is 8.47. The molecule has 2 rings (SSSR count). The minimum atomic E-state index is -0.727. The van der Waals surface area contributed by atoms with Crippen LogP contribution in [0.3, 0.4) is 0 Å². The number of furan rings is 1. The molecule has 0 fully saturated rings. The average molecular weight is 260 g/mol. The number of benzene rings is 1. The number of nitrogens with one attached hydrogen (secondary N) is 1. The van der Waals surface area contributed by atoms with Crippen LogP contribution in [0.25, 0.3) is 0 Å². The van der Waals surface area contributed by atoms with Crippen LogP contribution in [0, 0.1) is 10.1 Å². The molecule has 0 spiro atoms. The van der Waals surface area contributed by atoms with Crippen LogP contribution in [-0.2, 0) is 0 Å². The minimum Gasteiger partial charge on any atom is -0.395 e. The van der Waals surface area contributed by atoms with Crippen LogP contribution in [0.15, 0.2) is 40.8 Å². The van der Waals surface area contributed by atoms with Crippen LogP contribution in [0.4, 0.5) is 11.6 Å². The first-order valence-electron chi connectivity index (χ1n) is 5.21. The van der Waals surface area contributed by atoms with Crippen LogP contribution in [0.1, 0.15) is 20.9 Å². The van der Waals surface area contributed by atoms with Gasteiger partial charge >= 0.3 is 5.88 Å². The average Bonchev–Trinajstić information content (AvgIpc) is 2.89. The van der Waals surface area contributed by atoms with E-state index in [4.69, 9.17) is 4.42 Å². The van der Waals surface area contributed by atoms with Gasteiger partial charge in [-0.15, -0.1) is 0 Å². The van der Waals surface area contributed by atoms with Gasteiger partial charge in [-0.2, -0.15) is 0 Å². The Hall–Kier alpha value is -2.96.